The Morgan fingerprint density at radius 1 is 1.27 bits per heavy atom. The van der Waals surface area contributed by atoms with Crippen molar-refractivity contribution >= 4 is 57.1 Å². The molecule has 4 rings (SSSR count). The largest absolute Gasteiger partial charge is 0.465 e. The molecule has 3 aromatic rings. The number of nitrogens with one attached hydrogen (secondary N) is 2. The molecule has 0 atom stereocenters. The molecule has 0 aliphatic carbocycles. The molecule has 1 fully saturated rings. The summed E-state index contributed by atoms with van der Waals surface area (Å²) in [6.07, 6.45) is 9.40. The summed E-state index contributed by atoms with van der Waals surface area (Å²) in [4.78, 5) is 29.9. The van der Waals surface area contributed by atoms with Crippen molar-refractivity contribution in [1.29, 1.82) is 0 Å². The number of para-hydroxylation sites is 1. The molecule has 0 spiro atoms. The van der Waals surface area contributed by atoms with Gasteiger partial charge in [-0.1, -0.05) is 48.3 Å². The maximum atomic E-state index is 12.6. The minimum Gasteiger partial charge on any atom is -0.465 e. The number of carbonyl (C=O) groups is 2. The Hall–Kier alpha value is -3.10. The van der Waals surface area contributed by atoms with Crippen LogP contribution in [0.3, 0.4) is 0 Å². The number of allylic oxidation sites excluding steroid dienone is 2. The number of furan rings is 1. The lowest BCUT2D eigenvalue weighted by atomic mass is 10.1. The van der Waals surface area contributed by atoms with Gasteiger partial charge in [0, 0.05) is 23.6 Å². The first kappa shape index (κ1) is 20.2. The number of rotatable bonds is 7. The highest BCUT2D eigenvalue weighted by molar-refractivity contribution is 8.26. The van der Waals surface area contributed by atoms with Gasteiger partial charge in [0.2, 0.25) is 5.91 Å². The van der Waals surface area contributed by atoms with Crippen molar-refractivity contribution in [3.8, 4) is 0 Å². The molecule has 1 saturated heterocycles. The predicted molar refractivity (Wildman–Crippen MR) is 123 cm³/mol. The Morgan fingerprint density at radius 3 is 2.97 bits per heavy atom. The van der Waals surface area contributed by atoms with Gasteiger partial charge in [0.1, 0.15) is 16.6 Å². The number of thiocarbonyl (C=S) groups is 1. The number of benzene rings is 1. The molecule has 1 aromatic carbocycles. The zero-order valence-electron chi connectivity index (χ0n) is 16.0. The summed E-state index contributed by atoms with van der Waals surface area (Å²) in [6, 6.07) is 11.6. The van der Waals surface area contributed by atoms with E-state index in [1.165, 1.54) is 16.7 Å². The number of aromatic nitrogens is 1. The minimum absolute atomic E-state index is 0.0855. The van der Waals surface area contributed by atoms with E-state index in [0.29, 0.717) is 28.0 Å². The fourth-order valence-corrected chi connectivity index (χ4v) is 4.35. The van der Waals surface area contributed by atoms with E-state index < -0.39 is 0 Å². The van der Waals surface area contributed by atoms with Gasteiger partial charge in [-0.3, -0.25) is 14.5 Å². The van der Waals surface area contributed by atoms with Crippen LogP contribution in [0.25, 0.3) is 17.0 Å². The van der Waals surface area contributed by atoms with Gasteiger partial charge in [0.25, 0.3) is 5.91 Å². The molecule has 0 bridgehead atoms. The Kier molecular flexibility index (Phi) is 6.15. The van der Waals surface area contributed by atoms with Crippen molar-refractivity contribution in [2.45, 2.75) is 6.42 Å². The molecule has 1 aliphatic rings. The summed E-state index contributed by atoms with van der Waals surface area (Å²) in [6.45, 7) is 0.398. The summed E-state index contributed by atoms with van der Waals surface area (Å²) in [7, 11) is 0. The van der Waals surface area contributed by atoms with E-state index in [0.717, 1.165) is 16.5 Å². The molecule has 1 aliphatic heterocycles. The van der Waals surface area contributed by atoms with Crippen LogP contribution >= 0.6 is 24.0 Å². The summed E-state index contributed by atoms with van der Waals surface area (Å²) >= 11 is 6.46. The first-order valence-corrected chi connectivity index (χ1v) is 10.6. The van der Waals surface area contributed by atoms with Crippen LogP contribution in [0.1, 0.15) is 11.3 Å². The number of amides is 2. The Balaban J connectivity index is 1.29. The number of hydrogen-bond acceptors (Lipinski definition) is 5. The summed E-state index contributed by atoms with van der Waals surface area (Å²) in [5, 5.41) is 4.02. The number of H-pyrrole nitrogens is 1. The van der Waals surface area contributed by atoms with E-state index in [4.69, 9.17) is 16.6 Å². The smallest absolute Gasteiger partial charge is 0.266 e. The summed E-state index contributed by atoms with van der Waals surface area (Å²) < 4.78 is 5.59. The number of thioether (sulfide) groups is 1. The second-order valence-electron chi connectivity index (χ2n) is 6.62. The SMILES string of the molecule is O=C(CN1C(=O)C(=CC=Cc2ccco2)SC1=S)NCCc1c[nH]c2ccccc12. The van der Waals surface area contributed by atoms with Crippen LogP contribution in [0.2, 0.25) is 0 Å². The molecule has 152 valence electrons. The Morgan fingerprint density at radius 2 is 2.13 bits per heavy atom. The first-order chi connectivity index (χ1) is 14.6. The second-order valence-corrected chi connectivity index (χ2v) is 8.30. The molecule has 30 heavy (non-hydrogen) atoms. The molecule has 8 heteroatoms. The lowest BCUT2D eigenvalue weighted by Crippen LogP contribution is -2.40. The van der Waals surface area contributed by atoms with Gasteiger partial charge in [0.15, 0.2) is 0 Å². The first-order valence-electron chi connectivity index (χ1n) is 9.39. The van der Waals surface area contributed by atoms with Crippen molar-refractivity contribution in [1.82, 2.24) is 15.2 Å². The van der Waals surface area contributed by atoms with Crippen LogP contribution in [0.15, 0.2) is 70.3 Å². The van der Waals surface area contributed by atoms with Gasteiger partial charge in [-0.25, -0.2) is 0 Å². The maximum absolute atomic E-state index is 12.6. The van der Waals surface area contributed by atoms with Gasteiger partial charge in [-0.05, 0) is 42.3 Å². The van der Waals surface area contributed by atoms with Gasteiger partial charge < -0.3 is 14.7 Å². The van der Waals surface area contributed by atoms with Crippen molar-refractivity contribution < 1.29 is 14.0 Å². The molecule has 6 nitrogen and oxygen atoms in total. The average molecular weight is 438 g/mol. The highest BCUT2D eigenvalue weighted by atomic mass is 32.2. The van der Waals surface area contributed by atoms with Crippen molar-refractivity contribution in [3.05, 3.63) is 77.2 Å². The fraction of sp³-hybridized carbons (Fsp3) is 0.136. The zero-order valence-corrected chi connectivity index (χ0v) is 17.6. The molecule has 2 amide bonds. The van der Waals surface area contributed by atoms with E-state index >= 15 is 0 Å². The molecule has 2 aromatic heterocycles. The molecular formula is C22H19N3O3S2. The number of hydrogen-bond donors (Lipinski definition) is 2. The molecule has 0 unspecified atom stereocenters. The third kappa shape index (κ3) is 4.55. The lowest BCUT2D eigenvalue weighted by molar-refractivity contribution is -0.128. The molecule has 0 saturated carbocycles. The third-order valence-corrected chi connectivity index (χ3v) is 6.01. The van der Waals surface area contributed by atoms with Gasteiger partial charge in [0.05, 0.1) is 11.2 Å². The van der Waals surface area contributed by atoms with Crippen molar-refractivity contribution in [3.63, 3.8) is 0 Å². The monoisotopic (exact) mass is 437 g/mol. The summed E-state index contributed by atoms with van der Waals surface area (Å²) in [5.74, 6) is 0.190. The van der Waals surface area contributed by atoms with E-state index in [9.17, 15) is 9.59 Å². The number of aromatic amines is 1. The highest BCUT2D eigenvalue weighted by Gasteiger charge is 2.32. The standard InChI is InChI=1S/C22H19N3O3S2/c26-20(23-11-10-15-13-24-18-8-2-1-7-17(15)18)14-25-21(27)19(30-22(25)29)9-3-5-16-6-4-12-28-16/h1-9,12-13,24H,10-11,14H2,(H,23,26). The number of nitrogens with zero attached hydrogens (tertiary/aromatic N) is 1. The summed E-state index contributed by atoms with van der Waals surface area (Å²) in [5.41, 5.74) is 2.21. The van der Waals surface area contributed by atoms with Crippen LogP contribution in [0, 0.1) is 0 Å². The Labute approximate surface area is 183 Å². The van der Waals surface area contributed by atoms with Gasteiger partial charge >= 0.3 is 0 Å². The topological polar surface area (TPSA) is 78.3 Å². The zero-order chi connectivity index (χ0) is 20.9. The van der Waals surface area contributed by atoms with Gasteiger partial charge in [-0.2, -0.15) is 0 Å². The third-order valence-electron chi connectivity index (χ3n) is 4.62. The van der Waals surface area contributed by atoms with Crippen molar-refractivity contribution in [2.75, 3.05) is 13.1 Å². The van der Waals surface area contributed by atoms with Crippen molar-refractivity contribution in [2.24, 2.45) is 0 Å². The van der Waals surface area contributed by atoms with Crippen LogP contribution in [-0.2, 0) is 16.0 Å². The maximum Gasteiger partial charge on any atom is 0.266 e. The molecular weight excluding hydrogens is 418 g/mol. The average Bonchev–Trinajstić information content (AvgIpc) is 3.46. The second kappa shape index (κ2) is 9.15. The van der Waals surface area contributed by atoms with E-state index in [1.54, 1.807) is 30.6 Å². The number of fused-ring (bicyclic) bond motifs is 1. The van der Waals surface area contributed by atoms with E-state index in [-0.39, 0.29) is 18.4 Å². The van der Waals surface area contributed by atoms with E-state index in [1.807, 2.05) is 30.5 Å². The number of carbonyl (C=O) groups excluding carboxylic acids is 2. The lowest BCUT2D eigenvalue weighted by Gasteiger charge is -2.14. The highest BCUT2D eigenvalue weighted by Crippen LogP contribution is 2.30. The quantitative estimate of drug-likeness (QED) is 0.433. The van der Waals surface area contributed by atoms with Crippen LogP contribution in [0.4, 0.5) is 0 Å². The molecule has 0 radical (unpaired) electrons. The van der Waals surface area contributed by atoms with Crippen LogP contribution < -0.4 is 5.32 Å². The van der Waals surface area contributed by atoms with Crippen LogP contribution in [-0.4, -0.2) is 39.1 Å². The normalized spacial score (nSPS) is 15.7. The van der Waals surface area contributed by atoms with Gasteiger partial charge in [-0.15, -0.1) is 0 Å². The predicted octanol–water partition coefficient (Wildman–Crippen LogP) is 3.88. The molecule has 2 N–H and O–H groups in total. The fourth-order valence-electron chi connectivity index (χ4n) is 3.14. The molecule has 3 heterocycles. The Bertz CT molecular complexity index is 1150. The minimum atomic E-state index is -0.263. The van der Waals surface area contributed by atoms with Crippen LogP contribution in [0.5, 0.6) is 0 Å². The van der Waals surface area contributed by atoms with E-state index in [2.05, 4.69) is 16.4 Å².